The summed E-state index contributed by atoms with van der Waals surface area (Å²) in [4.78, 5) is 17.2. The number of rotatable bonds is 5. The lowest BCUT2D eigenvalue weighted by atomic mass is 9.95. The van der Waals surface area contributed by atoms with Crippen LogP contribution in [0, 0.1) is 6.92 Å². The van der Waals surface area contributed by atoms with E-state index in [1.807, 2.05) is 6.07 Å². The minimum Gasteiger partial charge on any atom is -0.423 e. The van der Waals surface area contributed by atoms with Crippen LogP contribution in [0.1, 0.15) is 48.4 Å². The van der Waals surface area contributed by atoms with Gasteiger partial charge in [-0.1, -0.05) is 44.2 Å². The predicted octanol–water partition coefficient (Wildman–Crippen LogP) is 4.93. The molecule has 0 unspecified atom stereocenters. The first-order valence-corrected chi connectivity index (χ1v) is 11.1. The van der Waals surface area contributed by atoms with Crippen molar-refractivity contribution in [2.24, 2.45) is 0 Å². The van der Waals surface area contributed by atoms with Gasteiger partial charge in [-0.05, 0) is 66.7 Å². The first-order valence-electron chi connectivity index (χ1n) is 11.1. The molecule has 4 rings (SSSR count). The zero-order valence-electron chi connectivity index (χ0n) is 18.4. The van der Waals surface area contributed by atoms with E-state index in [1.165, 1.54) is 16.7 Å². The number of hydrogen-bond acceptors (Lipinski definition) is 4. The van der Waals surface area contributed by atoms with Crippen LogP contribution in [-0.4, -0.2) is 36.0 Å². The molecule has 0 spiro atoms. The molecule has 1 fully saturated rings. The second-order valence-corrected chi connectivity index (χ2v) is 8.84. The maximum Gasteiger partial charge on any atom is 0.336 e. The molecule has 0 saturated carbocycles. The van der Waals surface area contributed by atoms with Crippen molar-refractivity contribution in [2.75, 3.05) is 26.2 Å². The van der Waals surface area contributed by atoms with Crippen LogP contribution in [-0.2, 0) is 13.1 Å². The van der Waals surface area contributed by atoms with Crippen molar-refractivity contribution in [2.45, 2.75) is 46.2 Å². The molecule has 0 bridgehead atoms. The van der Waals surface area contributed by atoms with Gasteiger partial charge in [-0.25, -0.2) is 4.79 Å². The molecule has 0 N–H and O–H groups in total. The number of nitrogens with zero attached hydrogens (tertiary/aromatic N) is 2. The van der Waals surface area contributed by atoms with Crippen LogP contribution in [0.3, 0.4) is 0 Å². The molecule has 2 heterocycles. The van der Waals surface area contributed by atoms with E-state index in [1.54, 1.807) is 6.07 Å². The van der Waals surface area contributed by atoms with E-state index in [0.717, 1.165) is 56.6 Å². The summed E-state index contributed by atoms with van der Waals surface area (Å²) in [6.45, 7) is 12.5. The molecule has 0 atom stereocenters. The van der Waals surface area contributed by atoms with Crippen molar-refractivity contribution < 1.29 is 4.42 Å². The van der Waals surface area contributed by atoms with Crippen molar-refractivity contribution in [3.63, 3.8) is 0 Å². The summed E-state index contributed by atoms with van der Waals surface area (Å²) in [5.74, 6) is 0.443. The maximum absolute atomic E-state index is 12.2. The fourth-order valence-electron chi connectivity index (χ4n) is 4.57. The summed E-state index contributed by atoms with van der Waals surface area (Å²) in [5, 5.41) is 1.08. The Labute approximate surface area is 179 Å². The number of fused-ring (bicyclic) bond motifs is 1. The number of hydrogen-bond donors (Lipinski definition) is 0. The van der Waals surface area contributed by atoms with Crippen LogP contribution in [0.4, 0.5) is 0 Å². The largest absolute Gasteiger partial charge is 0.423 e. The molecule has 1 saturated heterocycles. The van der Waals surface area contributed by atoms with Crippen molar-refractivity contribution in [3.8, 4) is 0 Å². The molecule has 158 valence electrons. The van der Waals surface area contributed by atoms with E-state index in [0.29, 0.717) is 11.5 Å². The predicted molar refractivity (Wildman–Crippen MR) is 123 cm³/mol. The van der Waals surface area contributed by atoms with Crippen molar-refractivity contribution >= 4 is 11.0 Å². The van der Waals surface area contributed by atoms with Crippen LogP contribution >= 0.6 is 0 Å². The van der Waals surface area contributed by atoms with Crippen molar-refractivity contribution in [3.05, 3.63) is 81.2 Å². The Hall–Kier alpha value is -2.43. The molecular weight excluding hydrogens is 372 g/mol. The molecule has 0 amide bonds. The normalized spacial score (nSPS) is 16.3. The lowest BCUT2D eigenvalue weighted by Crippen LogP contribution is -2.30. The highest BCUT2D eigenvalue weighted by atomic mass is 16.4. The van der Waals surface area contributed by atoms with Crippen LogP contribution in [0.2, 0.25) is 0 Å². The molecule has 2 aromatic carbocycles. The van der Waals surface area contributed by atoms with Gasteiger partial charge < -0.3 is 4.42 Å². The molecule has 0 aliphatic carbocycles. The highest BCUT2D eigenvalue weighted by molar-refractivity contribution is 5.82. The minimum absolute atomic E-state index is 0.255. The standard InChI is InChI=1S/C26H32N2O2/c1-19(2)23-16-24-22(15-26(29)30-25(24)14-20(23)3)18-28-11-7-10-27(12-13-28)17-21-8-5-4-6-9-21/h4-6,8-9,14-16,19H,7,10-13,17-18H2,1-3H3. The van der Waals surface area contributed by atoms with Gasteiger partial charge in [0.2, 0.25) is 0 Å². The quantitative estimate of drug-likeness (QED) is 0.565. The molecule has 1 aromatic heterocycles. The van der Waals surface area contributed by atoms with Crippen LogP contribution in [0.25, 0.3) is 11.0 Å². The average molecular weight is 405 g/mol. The highest BCUT2D eigenvalue weighted by Crippen LogP contribution is 2.27. The average Bonchev–Trinajstić information content (AvgIpc) is 2.93. The third kappa shape index (κ3) is 4.82. The molecule has 3 aromatic rings. The zero-order chi connectivity index (χ0) is 21.1. The van der Waals surface area contributed by atoms with Gasteiger partial charge in [-0.2, -0.15) is 0 Å². The summed E-state index contributed by atoms with van der Waals surface area (Å²) in [6.07, 6.45) is 1.14. The lowest BCUT2D eigenvalue weighted by Gasteiger charge is -2.22. The van der Waals surface area contributed by atoms with Gasteiger partial charge in [-0.3, -0.25) is 9.80 Å². The Morgan fingerprint density at radius 3 is 2.33 bits per heavy atom. The van der Waals surface area contributed by atoms with Gasteiger partial charge >= 0.3 is 5.63 Å². The summed E-state index contributed by atoms with van der Waals surface area (Å²) in [5.41, 5.74) is 5.41. The smallest absolute Gasteiger partial charge is 0.336 e. The third-order valence-electron chi connectivity index (χ3n) is 6.16. The van der Waals surface area contributed by atoms with Gasteiger partial charge in [0.05, 0.1) is 0 Å². The molecule has 30 heavy (non-hydrogen) atoms. The Balaban J connectivity index is 1.52. The van der Waals surface area contributed by atoms with E-state index < -0.39 is 0 Å². The SMILES string of the molecule is Cc1cc2oc(=O)cc(CN3CCCN(Cc4ccccc4)CC3)c2cc1C(C)C. The summed E-state index contributed by atoms with van der Waals surface area (Å²) >= 11 is 0. The Kier molecular flexibility index (Phi) is 6.35. The highest BCUT2D eigenvalue weighted by Gasteiger charge is 2.18. The summed E-state index contributed by atoms with van der Waals surface area (Å²) in [7, 11) is 0. The van der Waals surface area contributed by atoms with Crippen LogP contribution < -0.4 is 5.63 Å². The second-order valence-electron chi connectivity index (χ2n) is 8.84. The van der Waals surface area contributed by atoms with Crippen molar-refractivity contribution in [1.82, 2.24) is 9.80 Å². The molecule has 1 aliphatic rings. The minimum atomic E-state index is -0.255. The summed E-state index contributed by atoms with van der Waals surface area (Å²) in [6, 6.07) is 16.6. The monoisotopic (exact) mass is 404 g/mol. The first-order chi connectivity index (χ1) is 14.5. The number of aryl methyl sites for hydroxylation is 1. The molecular formula is C26H32N2O2. The van der Waals surface area contributed by atoms with Gasteiger partial charge in [-0.15, -0.1) is 0 Å². The molecule has 0 radical (unpaired) electrons. The van der Waals surface area contributed by atoms with E-state index in [2.05, 4.69) is 67.0 Å². The van der Waals surface area contributed by atoms with E-state index in [-0.39, 0.29) is 5.63 Å². The lowest BCUT2D eigenvalue weighted by molar-refractivity contribution is 0.247. The Bertz CT molecular complexity index is 1060. The fourth-order valence-corrected chi connectivity index (χ4v) is 4.57. The molecule has 1 aliphatic heterocycles. The first kappa shape index (κ1) is 20.8. The maximum atomic E-state index is 12.2. The summed E-state index contributed by atoms with van der Waals surface area (Å²) < 4.78 is 5.53. The second kappa shape index (κ2) is 9.15. The zero-order valence-corrected chi connectivity index (χ0v) is 18.4. The van der Waals surface area contributed by atoms with Gasteiger partial charge in [0.25, 0.3) is 0 Å². The Morgan fingerprint density at radius 2 is 1.63 bits per heavy atom. The molecule has 4 heteroatoms. The van der Waals surface area contributed by atoms with Crippen LogP contribution in [0.15, 0.2) is 57.7 Å². The van der Waals surface area contributed by atoms with Gasteiger partial charge in [0.1, 0.15) is 5.58 Å². The van der Waals surface area contributed by atoms with Crippen LogP contribution in [0.5, 0.6) is 0 Å². The van der Waals surface area contributed by atoms with E-state index in [4.69, 9.17) is 4.42 Å². The number of benzene rings is 2. The third-order valence-corrected chi connectivity index (χ3v) is 6.16. The van der Waals surface area contributed by atoms with Gasteiger partial charge in [0, 0.05) is 37.6 Å². The van der Waals surface area contributed by atoms with E-state index >= 15 is 0 Å². The molecule has 4 nitrogen and oxygen atoms in total. The Morgan fingerprint density at radius 1 is 0.933 bits per heavy atom. The van der Waals surface area contributed by atoms with Crippen molar-refractivity contribution in [1.29, 1.82) is 0 Å². The van der Waals surface area contributed by atoms with Gasteiger partial charge in [0.15, 0.2) is 0 Å². The topological polar surface area (TPSA) is 36.7 Å². The van der Waals surface area contributed by atoms with E-state index in [9.17, 15) is 4.79 Å². The fraction of sp³-hybridized carbons (Fsp3) is 0.423.